The van der Waals surface area contributed by atoms with Gasteiger partial charge in [-0.05, 0) is 38.9 Å². The lowest BCUT2D eigenvalue weighted by molar-refractivity contribution is 0.0940. The standard InChI is InChI=1S/C16H24N4O/c1-11(20(2)12-6-7-12)10-19-16(21)13-4-3-5-14-15(13)18-9-8-17-14/h3-5,11-12,17-18H,6-10H2,1-2H3,(H,19,21). The predicted molar refractivity (Wildman–Crippen MR) is 86.0 cm³/mol. The normalized spacial score (nSPS) is 18.4. The fourth-order valence-electron chi connectivity index (χ4n) is 2.79. The van der Waals surface area contributed by atoms with Crippen molar-refractivity contribution in [3.05, 3.63) is 23.8 Å². The molecule has 1 amide bonds. The van der Waals surface area contributed by atoms with Crippen molar-refractivity contribution in [1.29, 1.82) is 0 Å². The number of fused-ring (bicyclic) bond motifs is 1. The van der Waals surface area contributed by atoms with E-state index in [1.165, 1.54) is 12.8 Å². The van der Waals surface area contributed by atoms with Crippen molar-refractivity contribution in [3.8, 4) is 0 Å². The lowest BCUT2D eigenvalue weighted by Crippen LogP contribution is -2.41. The molecule has 0 saturated heterocycles. The Balaban J connectivity index is 1.62. The van der Waals surface area contributed by atoms with E-state index in [2.05, 4.69) is 34.8 Å². The van der Waals surface area contributed by atoms with Crippen molar-refractivity contribution in [1.82, 2.24) is 10.2 Å². The summed E-state index contributed by atoms with van der Waals surface area (Å²) in [5.41, 5.74) is 2.66. The lowest BCUT2D eigenvalue weighted by atomic mass is 10.1. The van der Waals surface area contributed by atoms with Crippen LogP contribution in [0.4, 0.5) is 11.4 Å². The van der Waals surface area contributed by atoms with Crippen LogP contribution in [0.25, 0.3) is 0 Å². The molecule has 3 rings (SSSR count). The zero-order valence-corrected chi connectivity index (χ0v) is 12.8. The summed E-state index contributed by atoms with van der Waals surface area (Å²) < 4.78 is 0. The van der Waals surface area contributed by atoms with Gasteiger partial charge in [0.05, 0.1) is 16.9 Å². The maximum Gasteiger partial charge on any atom is 0.253 e. The molecular formula is C16H24N4O. The maximum atomic E-state index is 12.4. The highest BCUT2D eigenvalue weighted by molar-refractivity contribution is 6.02. The van der Waals surface area contributed by atoms with Crippen LogP contribution in [-0.2, 0) is 0 Å². The molecule has 1 unspecified atom stereocenters. The SMILES string of the molecule is CC(CNC(=O)c1cccc2c1NCCN2)N(C)C1CC1. The van der Waals surface area contributed by atoms with E-state index in [-0.39, 0.29) is 5.91 Å². The fourth-order valence-corrected chi connectivity index (χ4v) is 2.79. The van der Waals surface area contributed by atoms with E-state index in [1.54, 1.807) is 0 Å². The largest absolute Gasteiger partial charge is 0.382 e. The molecule has 1 atom stereocenters. The Morgan fingerprint density at radius 1 is 1.38 bits per heavy atom. The van der Waals surface area contributed by atoms with Gasteiger partial charge in [0.1, 0.15) is 0 Å². The summed E-state index contributed by atoms with van der Waals surface area (Å²) in [5, 5.41) is 9.69. The van der Waals surface area contributed by atoms with Crippen LogP contribution in [0.3, 0.4) is 0 Å². The van der Waals surface area contributed by atoms with Gasteiger partial charge in [-0.3, -0.25) is 9.69 Å². The molecule has 5 heteroatoms. The van der Waals surface area contributed by atoms with Crippen LogP contribution in [0, 0.1) is 0 Å². The van der Waals surface area contributed by atoms with Gasteiger partial charge in [-0.25, -0.2) is 0 Å². The minimum Gasteiger partial charge on any atom is -0.382 e. The average molecular weight is 288 g/mol. The van der Waals surface area contributed by atoms with Gasteiger partial charge in [-0.1, -0.05) is 6.07 Å². The van der Waals surface area contributed by atoms with E-state index < -0.39 is 0 Å². The Hall–Kier alpha value is -1.75. The van der Waals surface area contributed by atoms with Crippen LogP contribution in [0.15, 0.2) is 18.2 Å². The van der Waals surface area contributed by atoms with Crippen LogP contribution in [0.2, 0.25) is 0 Å². The Bertz CT molecular complexity index is 527. The van der Waals surface area contributed by atoms with Gasteiger partial charge in [0.15, 0.2) is 0 Å². The van der Waals surface area contributed by atoms with Crippen molar-refractivity contribution < 1.29 is 4.79 Å². The number of benzene rings is 1. The molecule has 3 N–H and O–H groups in total. The molecule has 2 aliphatic rings. The highest BCUT2D eigenvalue weighted by Crippen LogP contribution is 2.28. The number of hydrogen-bond acceptors (Lipinski definition) is 4. The monoisotopic (exact) mass is 288 g/mol. The average Bonchev–Trinajstić information content (AvgIpc) is 3.35. The second-order valence-electron chi connectivity index (χ2n) is 6.04. The van der Waals surface area contributed by atoms with E-state index in [0.717, 1.165) is 30.0 Å². The van der Waals surface area contributed by atoms with Crippen LogP contribution in [0.5, 0.6) is 0 Å². The maximum absolute atomic E-state index is 12.4. The summed E-state index contributed by atoms with van der Waals surface area (Å²) in [6.45, 7) is 4.58. The molecule has 21 heavy (non-hydrogen) atoms. The molecule has 1 aromatic carbocycles. The number of nitrogens with zero attached hydrogens (tertiary/aromatic N) is 1. The number of rotatable bonds is 5. The third kappa shape index (κ3) is 3.13. The zero-order valence-electron chi connectivity index (χ0n) is 12.8. The molecule has 0 bridgehead atoms. The Morgan fingerprint density at radius 2 is 2.14 bits per heavy atom. The first-order valence-electron chi connectivity index (χ1n) is 7.77. The van der Waals surface area contributed by atoms with Crippen LogP contribution in [-0.4, -0.2) is 49.6 Å². The molecule has 1 aliphatic heterocycles. The highest BCUT2D eigenvalue weighted by Gasteiger charge is 2.29. The Morgan fingerprint density at radius 3 is 2.90 bits per heavy atom. The van der Waals surface area contributed by atoms with E-state index in [9.17, 15) is 4.79 Å². The van der Waals surface area contributed by atoms with E-state index in [1.807, 2.05) is 18.2 Å². The quantitative estimate of drug-likeness (QED) is 0.772. The van der Waals surface area contributed by atoms with Crippen molar-refractivity contribution in [3.63, 3.8) is 0 Å². The molecule has 1 aromatic rings. The van der Waals surface area contributed by atoms with E-state index in [4.69, 9.17) is 0 Å². The first-order valence-corrected chi connectivity index (χ1v) is 7.77. The number of carbonyl (C=O) groups excluding carboxylic acids is 1. The van der Waals surface area contributed by atoms with Crippen LogP contribution < -0.4 is 16.0 Å². The van der Waals surface area contributed by atoms with Crippen LogP contribution in [0.1, 0.15) is 30.1 Å². The number of hydrogen-bond donors (Lipinski definition) is 3. The Labute approximate surface area is 126 Å². The van der Waals surface area contributed by atoms with Crippen molar-refractivity contribution in [2.45, 2.75) is 31.8 Å². The number of anilines is 2. The number of amides is 1. The van der Waals surface area contributed by atoms with Gasteiger partial charge in [-0.15, -0.1) is 0 Å². The number of nitrogens with one attached hydrogen (secondary N) is 3. The third-order valence-electron chi connectivity index (χ3n) is 4.43. The van der Waals surface area contributed by atoms with Gasteiger partial charge in [0.25, 0.3) is 5.91 Å². The fraction of sp³-hybridized carbons (Fsp3) is 0.562. The molecule has 5 nitrogen and oxygen atoms in total. The summed E-state index contributed by atoms with van der Waals surface area (Å²) in [6.07, 6.45) is 2.58. The third-order valence-corrected chi connectivity index (χ3v) is 4.43. The number of carbonyl (C=O) groups is 1. The van der Waals surface area contributed by atoms with Gasteiger partial charge in [0.2, 0.25) is 0 Å². The molecule has 114 valence electrons. The van der Waals surface area contributed by atoms with Crippen molar-refractivity contribution in [2.24, 2.45) is 0 Å². The molecule has 1 fully saturated rings. The van der Waals surface area contributed by atoms with Crippen LogP contribution >= 0.6 is 0 Å². The highest BCUT2D eigenvalue weighted by atomic mass is 16.1. The molecular weight excluding hydrogens is 264 g/mol. The summed E-state index contributed by atoms with van der Waals surface area (Å²) in [5.74, 6) is -0.000836. The molecule has 0 aromatic heterocycles. The Kier molecular flexibility index (Phi) is 4.01. The van der Waals surface area contributed by atoms with Gasteiger partial charge < -0.3 is 16.0 Å². The first-order chi connectivity index (χ1) is 10.2. The van der Waals surface area contributed by atoms with Crippen molar-refractivity contribution in [2.75, 3.05) is 37.3 Å². The van der Waals surface area contributed by atoms with E-state index in [0.29, 0.717) is 18.6 Å². The van der Waals surface area contributed by atoms with Gasteiger partial charge in [-0.2, -0.15) is 0 Å². The molecule has 1 aliphatic carbocycles. The molecule has 1 heterocycles. The zero-order chi connectivity index (χ0) is 14.8. The smallest absolute Gasteiger partial charge is 0.253 e. The minimum absolute atomic E-state index is 0.000836. The van der Waals surface area contributed by atoms with E-state index >= 15 is 0 Å². The topological polar surface area (TPSA) is 56.4 Å². The molecule has 0 radical (unpaired) electrons. The summed E-state index contributed by atoms with van der Waals surface area (Å²) in [6, 6.07) is 6.89. The summed E-state index contributed by atoms with van der Waals surface area (Å²) in [4.78, 5) is 14.8. The minimum atomic E-state index is -0.000836. The second-order valence-corrected chi connectivity index (χ2v) is 6.04. The first kappa shape index (κ1) is 14.2. The summed E-state index contributed by atoms with van der Waals surface area (Å²) in [7, 11) is 2.14. The number of likely N-dealkylation sites (N-methyl/N-ethyl adjacent to an activating group) is 1. The second kappa shape index (κ2) is 5.93. The molecule has 0 spiro atoms. The van der Waals surface area contributed by atoms with Crippen molar-refractivity contribution >= 4 is 17.3 Å². The lowest BCUT2D eigenvalue weighted by Gasteiger charge is -2.25. The van der Waals surface area contributed by atoms with Gasteiger partial charge in [0, 0.05) is 31.7 Å². The number of para-hydroxylation sites is 1. The summed E-state index contributed by atoms with van der Waals surface area (Å²) >= 11 is 0. The molecule has 1 saturated carbocycles. The predicted octanol–water partition coefficient (Wildman–Crippen LogP) is 1.74. The van der Waals surface area contributed by atoms with Gasteiger partial charge >= 0.3 is 0 Å².